The van der Waals surface area contributed by atoms with E-state index in [1.54, 1.807) is 7.11 Å². The van der Waals surface area contributed by atoms with Crippen LogP contribution < -0.4 is 9.47 Å². The first-order valence-corrected chi connectivity index (χ1v) is 8.95. The van der Waals surface area contributed by atoms with Crippen LogP contribution in [0.1, 0.15) is 12.8 Å². The molecule has 1 fully saturated rings. The summed E-state index contributed by atoms with van der Waals surface area (Å²) >= 11 is 0. The normalized spacial score (nSPS) is 21.9. The highest BCUT2D eigenvalue weighted by Crippen LogP contribution is 2.29. The number of methoxy groups -OCH3 is 1. The first-order chi connectivity index (χ1) is 10.1. The van der Waals surface area contributed by atoms with Crippen LogP contribution in [0.3, 0.4) is 0 Å². The zero-order valence-corrected chi connectivity index (χ0v) is 13.0. The van der Waals surface area contributed by atoms with Crippen LogP contribution in [0.2, 0.25) is 0 Å². The Bertz CT molecular complexity index is 555. The van der Waals surface area contributed by atoms with Crippen LogP contribution in [-0.4, -0.2) is 45.4 Å². The van der Waals surface area contributed by atoms with Gasteiger partial charge in [-0.25, -0.2) is 8.42 Å². The predicted octanol–water partition coefficient (Wildman–Crippen LogP) is 1.51. The minimum atomic E-state index is -2.91. The lowest BCUT2D eigenvalue weighted by molar-refractivity contribution is 0.152. The highest BCUT2D eigenvalue weighted by Gasteiger charge is 2.33. The fraction of sp³-hybridized carbons (Fsp3) is 0.600. The second-order valence-electron chi connectivity index (χ2n) is 5.39. The van der Waals surface area contributed by atoms with Crippen LogP contribution in [-0.2, 0) is 9.84 Å². The molecule has 5 nitrogen and oxygen atoms in total. The van der Waals surface area contributed by atoms with E-state index in [1.165, 1.54) is 0 Å². The number of aliphatic hydroxyl groups excluding tert-OH is 1. The van der Waals surface area contributed by atoms with E-state index in [4.69, 9.17) is 9.47 Å². The van der Waals surface area contributed by atoms with E-state index in [1.807, 2.05) is 24.3 Å². The molecule has 0 aliphatic carbocycles. The number of para-hydroxylation sites is 2. The quantitative estimate of drug-likeness (QED) is 0.826. The Labute approximate surface area is 125 Å². The van der Waals surface area contributed by atoms with Gasteiger partial charge in [0.15, 0.2) is 21.3 Å². The predicted molar refractivity (Wildman–Crippen MR) is 80.4 cm³/mol. The standard InChI is InChI=1S/C15H22O5S/c1-19-14-4-2-3-5-15(14)20-8-6-12(10-16)13-7-9-21(17,18)11-13/h2-5,12-13,16H,6-11H2,1H3. The molecular weight excluding hydrogens is 292 g/mol. The van der Waals surface area contributed by atoms with Gasteiger partial charge in [-0.1, -0.05) is 12.1 Å². The number of rotatable bonds is 7. The zero-order chi connectivity index (χ0) is 15.3. The number of aliphatic hydroxyl groups is 1. The molecular formula is C15H22O5S. The molecule has 1 aromatic rings. The fourth-order valence-electron chi connectivity index (χ4n) is 2.73. The van der Waals surface area contributed by atoms with E-state index in [9.17, 15) is 13.5 Å². The van der Waals surface area contributed by atoms with Gasteiger partial charge in [-0.15, -0.1) is 0 Å². The van der Waals surface area contributed by atoms with Crippen molar-refractivity contribution in [3.05, 3.63) is 24.3 Å². The maximum absolute atomic E-state index is 11.5. The molecule has 21 heavy (non-hydrogen) atoms. The third-order valence-electron chi connectivity index (χ3n) is 3.98. The SMILES string of the molecule is COc1ccccc1OCCC(CO)C1CCS(=O)(=O)C1. The second-order valence-corrected chi connectivity index (χ2v) is 7.62. The Kier molecular flexibility index (Phi) is 5.47. The lowest BCUT2D eigenvalue weighted by Crippen LogP contribution is -2.22. The lowest BCUT2D eigenvalue weighted by Gasteiger charge is -2.20. The van der Waals surface area contributed by atoms with E-state index in [-0.39, 0.29) is 29.9 Å². The summed E-state index contributed by atoms with van der Waals surface area (Å²) in [7, 11) is -1.32. The summed E-state index contributed by atoms with van der Waals surface area (Å²) in [6.07, 6.45) is 1.27. The average Bonchev–Trinajstić information content (AvgIpc) is 2.84. The summed E-state index contributed by atoms with van der Waals surface area (Å²) in [5.41, 5.74) is 0. The van der Waals surface area contributed by atoms with Gasteiger partial charge in [0.05, 0.1) is 25.2 Å². The van der Waals surface area contributed by atoms with Gasteiger partial charge in [-0.2, -0.15) is 0 Å². The van der Waals surface area contributed by atoms with Crippen molar-refractivity contribution < 1.29 is 23.0 Å². The van der Waals surface area contributed by atoms with Gasteiger partial charge in [0.1, 0.15) is 0 Å². The number of ether oxygens (including phenoxy) is 2. The monoisotopic (exact) mass is 314 g/mol. The number of hydrogen-bond donors (Lipinski definition) is 1. The van der Waals surface area contributed by atoms with Crippen molar-refractivity contribution >= 4 is 9.84 Å². The largest absolute Gasteiger partial charge is 0.493 e. The van der Waals surface area contributed by atoms with Crippen molar-refractivity contribution in [3.63, 3.8) is 0 Å². The van der Waals surface area contributed by atoms with Gasteiger partial charge in [0, 0.05) is 6.61 Å². The van der Waals surface area contributed by atoms with E-state index in [0.29, 0.717) is 30.9 Å². The van der Waals surface area contributed by atoms with Gasteiger partial charge < -0.3 is 14.6 Å². The molecule has 0 bridgehead atoms. The summed E-state index contributed by atoms with van der Waals surface area (Å²) in [6, 6.07) is 7.38. The van der Waals surface area contributed by atoms with E-state index in [0.717, 1.165) is 0 Å². The molecule has 1 heterocycles. The van der Waals surface area contributed by atoms with Crippen LogP contribution in [0.15, 0.2) is 24.3 Å². The fourth-order valence-corrected chi connectivity index (χ4v) is 4.65. The molecule has 1 aliphatic heterocycles. The highest BCUT2D eigenvalue weighted by molar-refractivity contribution is 7.91. The number of sulfone groups is 1. The van der Waals surface area contributed by atoms with Crippen molar-refractivity contribution in [2.45, 2.75) is 12.8 Å². The van der Waals surface area contributed by atoms with Crippen molar-refractivity contribution in [2.75, 3.05) is 31.8 Å². The molecule has 1 aliphatic rings. The van der Waals surface area contributed by atoms with Crippen LogP contribution in [0, 0.1) is 11.8 Å². The minimum absolute atomic E-state index is 0.00449. The van der Waals surface area contributed by atoms with E-state index in [2.05, 4.69) is 0 Å². The van der Waals surface area contributed by atoms with Gasteiger partial charge >= 0.3 is 0 Å². The van der Waals surface area contributed by atoms with Crippen molar-refractivity contribution in [1.82, 2.24) is 0 Å². The molecule has 6 heteroatoms. The third-order valence-corrected chi connectivity index (χ3v) is 5.78. The molecule has 2 unspecified atom stereocenters. The summed E-state index contributed by atoms with van der Waals surface area (Å²) < 4.78 is 33.9. The van der Waals surface area contributed by atoms with Gasteiger partial charge in [0.25, 0.3) is 0 Å². The van der Waals surface area contributed by atoms with Crippen LogP contribution in [0.5, 0.6) is 11.5 Å². The van der Waals surface area contributed by atoms with Gasteiger partial charge in [0.2, 0.25) is 0 Å². The number of hydrogen-bond acceptors (Lipinski definition) is 5. The molecule has 0 aromatic heterocycles. The molecule has 1 aromatic carbocycles. The Morgan fingerprint density at radius 3 is 2.62 bits per heavy atom. The first-order valence-electron chi connectivity index (χ1n) is 7.13. The summed E-state index contributed by atoms with van der Waals surface area (Å²) in [5.74, 6) is 1.77. The summed E-state index contributed by atoms with van der Waals surface area (Å²) in [5, 5.41) is 9.48. The van der Waals surface area contributed by atoms with Crippen molar-refractivity contribution in [3.8, 4) is 11.5 Å². The van der Waals surface area contributed by atoms with Crippen molar-refractivity contribution in [1.29, 1.82) is 0 Å². The molecule has 2 rings (SSSR count). The molecule has 0 spiro atoms. The molecule has 1 saturated heterocycles. The topological polar surface area (TPSA) is 72.8 Å². The molecule has 0 radical (unpaired) electrons. The molecule has 118 valence electrons. The number of benzene rings is 1. The smallest absolute Gasteiger partial charge is 0.161 e. The van der Waals surface area contributed by atoms with Crippen LogP contribution in [0.4, 0.5) is 0 Å². The summed E-state index contributed by atoms with van der Waals surface area (Å²) in [4.78, 5) is 0. The average molecular weight is 314 g/mol. The van der Waals surface area contributed by atoms with Crippen molar-refractivity contribution in [2.24, 2.45) is 11.8 Å². The Morgan fingerprint density at radius 1 is 1.33 bits per heavy atom. The zero-order valence-electron chi connectivity index (χ0n) is 12.2. The second kappa shape index (κ2) is 7.13. The van der Waals surface area contributed by atoms with E-state index >= 15 is 0 Å². The maximum Gasteiger partial charge on any atom is 0.161 e. The van der Waals surface area contributed by atoms with Crippen LogP contribution >= 0.6 is 0 Å². The third kappa shape index (κ3) is 4.35. The molecule has 1 N–H and O–H groups in total. The molecule has 0 amide bonds. The lowest BCUT2D eigenvalue weighted by atomic mass is 9.90. The van der Waals surface area contributed by atoms with E-state index < -0.39 is 9.84 Å². The molecule has 2 atom stereocenters. The first kappa shape index (κ1) is 16.1. The molecule has 0 saturated carbocycles. The van der Waals surface area contributed by atoms with Gasteiger partial charge in [-0.3, -0.25) is 0 Å². The van der Waals surface area contributed by atoms with Gasteiger partial charge in [-0.05, 0) is 36.8 Å². The minimum Gasteiger partial charge on any atom is -0.493 e. The summed E-state index contributed by atoms with van der Waals surface area (Å²) in [6.45, 7) is 0.428. The Balaban J connectivity index is 1.86. The maximum atomic E-state index is 11.5. The highest BCUT2D eigenvalue weighted by atomic mass is 32.2. The Morgan fingerprint density at radius 2 is 2.05 bits per heavy atom. The Hall–Kier alpha value is -1.27. The van der Waals surface area contributed by atoms with Crippen LogP contribution in [0.25, 0.3) is 0 Å².